The van der Waals surface area contributed by atoms with Gasteiger partial charge in [-0.05, 0) is 23.8 Å². The molecule has 1 aliphatic heterocycles. The number of hydrogen-bond donors (Lipinski definition) is 1. The maximum atomic E-state index is 12.8. The molecule has 0 spiro atoms. The largest absolute Gasteiger partial charge is 0.416 e. The lowest BCUT2D eigenvalue weighted by molar-refractivity contribution is -0.206. The van der Waals surface area contributed by atoms with Gasteiger partial charge in [-0.2, -0.15) is 18.4 Å². The fraction of sp³-hybridized carbons (Fsp3) is 0.357. The third kappa shape index (κ3) is 2.37. The highest BCUT2D eigenvalue weighted by molar-refractivity contribution is 6.32. The van der Waals surface area contributed by atoms with Gasteiger partial charge in [-0.15, -0.1) is 0 Å². The van der Waals surface area contributed by atoms with Gasteiger partial charge in [0.2, 0.25) is 0 Å². The highest BCUT2D eigenvalue weighted by Crippen LogP contribution is 2.47. The van der Waals surface area contributed by atoms with Crippen LogP contribution in [0.4, 0.5) is 18.9 Å². The zero-order valence-corrected chi connectivity index (χ0v) is 11.4. The molecule has 0 radical (unpaired) electrons. The van der Waals surface area contributed by atoms with Crippen molar-refractivity contribution in [3.05, 3.63) is 40.4 Å². The molecule has 21 heavy (non-hydrogen) atoms. The van der Waals surface area contributed by atoms with Crippen molar-refractivity contribution in [1.82, 2.24) is 0 Å². The van der Waals surface area contributed by atoms with Crippen molar-refractivity contribution in [3.8, 4) is 6.07 Å². The van der Waals surface area contributed by atoms with E-state index in [1.165, 1.54) is 17.0 Å². The Bertz CT molecular complexity index is 665. The highest BCUT2D eigenvalue weighted by atomic mass is 35.5. The van der Waals surface area contributed by atoms with Crippen LogP contribution < -0.4 is 4.90 Å². The number of halogens is 4. The molecule has 2 aliphatic rings. The van der Waals surface area contributed by atoms with Gasteiger partial charge in [0.25, 0.3) is 0 Å². The van der Waals surface area contributed by atoms with E-state index in [-0.39, 0.29) is 16.5 Å². The van der Waals surface area contributed by atoms with Gasteiger partial charge in [-0.1, -0.05) is 17.7 Å². The second-order valence-electron chi connectivity index (χ2n) is 5.13. The van der Waals surface area contributed by atoms with Crippen LogP contribution in [0, 0.1) is 17.2 Å². The number of aliphatic hydroxyl groups excluding tert-OH is 1. The van der Waals surface area contributed by atoms with E-state index in [4.69, 9.17) is 16.9 Å². The summed E-state index contributed by atoms with van der Waals surface area (Å²) in [6.45, 7) is 0.384. The Kier molecular flexibility index (Phi) is 3.15. The van der Waals surface area contributed by atoms with E-state index >= 15 is 0 Å². The number of fused-ring (bicyclic) bond motifs is 1. The topological polar surface area (TPSA) is 47.3 Å². The molecule has 110 valence electrons. The molecule has 1 fully saturated rings. The molecule has 0 saturated carbocycles. The van der Waals surface area contributed by atoms with Crippen molar-refractivity contribution in [3.63, 3.8) is 0 Å². The average molecular weight is 315 g/mol. The summed E-state index contributed by atoms with van der Waals surface area (Å²) in [7, 11) is 0. The molecule has 7 heteroatoms. The van der Waals surface area contributed by atoms with Gasteiger partial charge >= 0.3 is 6.18 Å². The molecule has 3 nitrogen and oxygen atoms in total. The fourth-order valence-electron chi connectivity index (χ4n) is 2.74. The van der Waals surface area contributed by atoms with Gasteiger partial charge in [0, 0.05) is 18.2 Å². The van der Waals surface area contributed by atoms with Crippen LogP contribution in [0.5, 0.6) is 0 Å². The lowest BCUT2D eigenvalue weighted by Gasteiger charge is -2.32. The second-order valence-corrected chi connectivity index (χ2v) is 5.54. The van der Waals surface area contributed by atoms with Gasteiger partial charge in [0.15, 0.2) is 6.10 Å². The standard InChI is InChI=1S/C14H10ClF3N2O/c15-11-4-9(2-1-7(11)5-19)20-6-8-3-10(8)12(20)13(21)14(16,17)18/h1-4,8,12-13,21H,6H2/t8-,12-,13+/m1/s1. The van der Waals surface area contributed by atoms with Crippen molar-refractivity contribution in [1.29, 1.82) is 5.26 Å². The van der Waals surface area contributed by atoms with Crippen molar-refractivity contribution >= 4 is 17.3 Å². The summed E-state index contributed by atoms with van der Waals surface area (Å²) in [5.74, 6) is -0.0126. The Morgan fingerprint density at radius 2 is 2.14 bits per heavy atom. The summed E-state index contributed by atoms with van der Waals surface area (Å²) in [5, 5.41) is 18.6. The minimum atomic E-state index is -4.68. The molecule has 0 bridgehead atoms. The quantitative estimate of drug-likeness (QED) is 0.854. The van der Waals surface area contributed by atoms with Crippen LogP contribution in [0.2, 0.25) is 5.02 Å². The van der Waals surface area contributed by atoms with E-state index in [9.17, 15) is 18.3 Å². The number of nitrogens with zero attached hydrogens (tertiary/aromatic N) is 2. The minimum Gasteiger partial charge on any atom is -0.381 e. The number of aliphatic hydroxyl groups is 1. The molecule has 0 unspecified atom stereocenters. The van der Waals surface area contributed by atoms with Gasteiger partial charge in [0.1, 0.15) is 6.07 Å². The third-order valence-electron chi connectivity index (χ3n) is 3.82. The Labute approximate surface area is 123 Å². The molecule has 0 amide bonds. The fourth-order valence-corrected chi connectivity index (χ4v) is 2.95. The summed E-state index contributed by atoms with van der Waals surface area (Å²) in [5.41, 5.74) is 1.35. The summed E-state index contributed by atoms with van der Waals surface area (Å²) >= 11 is 5.92. The van der Waals surface area contributed by atoms with Crippen LogP contribution in [0.25, 0.3) is 0 Å². The smallest absolute Gasteiger partial charge is 0.381 e. The number of benzene rings is 1. The van der Waals surface area contributed by atoms with E-state index in [2.05, 4.69) is 0 Å². The number of rotatable bonds is 2. The first-order chi connectivity index (χ1) is 9.82. The average Bonchev–Trinajstić information content (AvgIpc) is 3.08. The normalized spacial score (nSPS) is 25.1. The lowest BCUT2D eigenvalue weighted by atomic mass is 10.1. The summed E-state index contributed by atoms with van der Waals surface area (Å²) < 4.78 is 38.4. The minimum absolute atomic E-state index is 0.0126. The molecule has 1 heterocycles. The van der Waals surface area contributed by atoms with Crippen molar-refractivity contribution in [2.24, 2.45) is 5.92 Å². The van der Waals surface area contributed by atoms with Gasteiger partial charge in [-0.25, -0.2) is 0 Å². The SMILES string of the molecule is N#Cc1ccc(N2C[C@H]3C=C3[C@@H]2[C@H](O)C(F)(F)F)cc1Cl. The van der Waals surface area contributed by atoms with E-state index in [0.29, 0.717) is 17.8 Å². The predicted octanol–water partition coefficient (Wildman–Crippen LogP) is 2.88. The molecule has 1 aromatic rings. The summed E-state index contributed by atoms with van der Waals surface area (Å²) in [6.07, 6.45) is -5.38. The van der Waals surface area contributed by atoms with Crippen LogP contribution in [0.3, 0.4) is 0 Å². The first kappa shape index (κ1) is 14.2. The Morgan fingerprint density at radius 1 is 1.43 bits per heavy atom. The monoisotopic (exact) mass is 314 g/mol. The van der Waals surface area contributed by atoms with Crippen molar-refractivity contribution in [2.75, 3.05) is 11.4 Å². The van der Waals surface area contributed by atoms with E-state index in [1.807, 2.05) is 6.07 Å². The predicted molar refractivity (Wildman–Crippen MR) is 70.9 cm³/mol. The molecule has 3 atom stereocenters. The summed E-state index contributed by atoms with van der Waals surface area (Å²) in [4.78, 5) is 1.49. The van der Waals surface area contributed by atoms with Crippen LogP contribution in [0.15, 0.2) is 29.8 Å². The molecule has 0 aromatic heterocycles. The molecule has 1 aliphatic carbocycles. The molecule has 3 rings (SSSR count). The zero-order chi connectivity index (χ0) is 15.4. The maximum absolute atomic E-state index is 12.8. The number of alkyl halides is 3. The first-order valence-corrected chi connectivity index (χ1v) is 6.63. The van der Waals surface area contributed by atoms with Crippen molar-refractivity contribution < 1.29 is 18.3 Å². The zero-order valence-electron chi connectivity index (χ0n) is 10.6. The van der Waals surface area contributed by atoms with Crippen LogP contribution in [-0.4, -0.2) is 30.0 Å². The second kappa shape index (κ2) is 4.65. The molecular weight excluding hydrogens is 305 g/mol. The lowest BCUT2D eigenvalue weighted by Crippen LogP contribution is -2.47. The van der Waals surface area contributed by atoms with E-state index < -0.39 is 18.3 Å². The third-order valence-corrected chi connectivity index (χ3v) is 4.14. The Morgan fingerprint density at radius 3 is 2.71 bits per heavy atom. The van der Waals surface area contributed by atoms with Gasteiger partial charge < -0.3 is 10.0 Å². The van der Waals surface area contributed by atoms with Crippen molar-refractivity contribution in [2.45, 2.75) is 18.3 Å². The van der Waals surface area contributed by atoms with Gasteiger partial charge in [-0.3, -0.25) is 0 Å². The molecule has 1 saturated heterocycles. The van der Waals surface area contributed by atoms with E-state index in [1.54, 1.807) is 12.1 Å². The van der Waals surface area contributed by atoms with Gasteiger partial charge in [0.05, 0.1) is 16.6 Å². The number of hydrogen-bond acceptors (Lipinski definition) is 3. The maximum Gasteiger partial charge on any atom is 0.416 e. The number of nitriles is 1. The molecular formula is C14H10ClF3N2O. The molecule has 1 aromatic carbocycles. The Hall–Kier alpha value is -1.71. The molecule has 1 N–H and O–H groups in total. The number of anilines is 1. The highest BCUT2D eigenvalue weighted by Gasteiger charge is 2.55. The van der Waals surface area contributed by atoms with E-state index in [0.717, 1.165) is 0 Å². The summed E-state index contributed by atoms with van der Waals surface area (Å²) in [6, 6.07) is 5.26. The van der Waals surface area contributed by atoms with Crippen LogP contribution >= 0.6 is 11.6 Å². The first-order valence-electron chi connectivity index (χ1n) is 6.25. The van der Waals surface area contributed by atoms with Crippen LogP contribution in [-0.2, 0) is 0 Å². The van der Waals surface area contributed by atoms with Crippen LogP contribution in [0.1, 0.15) is 5.56 Å². The Balaban J connectivity index is 1.93.